The zero-order chi connectivity index (χ0) is 18.4. The summed E-state index contributed by atoms with van der Waals surface area (Å²) >= 11 is 0. The molecule has 7 nitrogen and oxygen atoms in total. The molecule has 0 atom stereocenters. The maximum absolute atomic E-state index is 11.8. The first-order valence-corrected chi connectivity index (χ1v) is 7.92. The van der Waals surface area contributed by atoms with Gasteiger partial charge in [0.15, 0.2) is 0 Å². The normalized spacial score (nSPS) is 10.3. The first kappa shape index (κ1) is 17.2. The van der Waals surface area contributed by atoms with E-state index >= 15 is 0 Å². The number of nitrogens with one attached hydrogen (secondary N) is 1. The van der Waals surface area contributed by atoms with Crippen molar-refractivity contribution in [3.8, 4) is 0 Å². The average Bonchev–Trinajstić information content (AvgIpc) is 3.08. The van der Waals surface area contributed by atoms with E-state index in [0.29, 0.717) is 12.2 Å². The van der Waals surface area contributed by atoms with E-state index in [2.05, 4.69) is 10.4 Å². The van der Waals surface area contributed by atoms with E-state index in [1.807, 2.05) is 36.4 Å². The second-order valence-electron chi connectivity index (χ2n) is 5.62. The van der Waals surface area contributed by atoms with E-state index in [-0.39, 0.29) is 12.2 Å². The molecule has 0 aliphatic rings. The number of aromatic nitrogens is 2. The van der Waals surface area contributed by atoms with Gasteiger partial charge in [0.2, 0.25) is 0 Å². The number of carbonyl (C=O) groups is 2. The predicted molar refractivity (Wildman–Crippen MR) is 95.0 cm³/mol. The van der Waals surface area contributed by atoms with Crippen molar-refractivity contribution in [2.75, 3.05) is 5.32 Å². The number of rotatable bonds is 6. The lowest BCUT2D eigenvalue weighted by Gasteiger charge is -2.05. The number of benzene rings is 2. The van der Waals surface area contributed by atoms with Crippen LogP contribution >= 0.6 is 0 Å². The number of nitrogens with zero attached hydrogens (tertiary/aromatic N) is 2. The highest BCUT2D eigenvalue weighted by Crippen LogP contribution is 2.11. The topological polar surface area (TPSA) is 93.5 Å². The third kappa shape index (κ3) is 4.70. The molecule has 0 unspecified atom stereocenters. The van der Waals surface area contributed by atoms with Gasteiger partial charge in [-0.2, -0.15) is 5.10 Å². The van der Waals surface area contributed by atoms with E-state index in [1.54, 1.807) is 23.0 Å². The van der Waals surface area contributed by atoms with Crippen LogP contribution in [-0.4, -0.2) is 26.9 Å². The maximum Gasteiger partial charge on any atom is 0.412 e. The van der Waals surface area contributed by atoms with Gasteiger partial charge in [0, 0.05) is 6.20 Å². The third-order valence-electron chi connectivity index (χ3n) is 3.61. The van der Waals surface area contributed by atoms with E-state index in [9.17, 15) is 9.59 Å². The minimum atomic E-state index is -0.976. The minimum Gasteiger partial charge on any atom is -0.478 e. The van der Waals surface area contributed by atoms with Gasteiger partial charge in [-0.3, -0.25) is 10.00 Å². The summed E-state index contributed by atoms with van der Waals surface area (Å²) in [5, 5.41) is 15.8. The molecule has 0 saturated heterocycles. The van der Waals surface area contributed by atoms with Crippen LogP contribution in [0.2, 0.25) is 0 Å². The molecule has 0 aliphatic heterocycles. The largest absolute Gasteiger partial charge is 0.478 e. The van der Waals surface area contributed by atoms with Crippen molar-refractivity contribution in [2.45, 2.75) is 13.2 Å². The Kier molecular flexibility index (Phi) is 5.28. The summed E-state index contributed by atoms with van der Waals surface area (Å²) < 4.78 is 6.75. The summed E-state index contributed by atoms with van der Waals surface area (Å²) in [5.41, 5.74) is 2.41. The lowest BCUT2D eigenvalue weighted by atomic mass is 10.1. The number of hydrogen-bond donors (Lipinski definition) is 2. The van der Waals surface area contributed by atoms with Gasteiger partial charge in [-0.15, -0.1) is 0 Å². The Bertz CT molecular complexity index is 906. The molecule has 3 rings (SSSR count). The number of carboxylic acid groups (broad SMARTS) is 1. The van der Waals surface area contributed by atoms with E-state index in [1.165, 1.54) is 12.3 Å². The van der Waals surface area contributed by atoms with Gasteiger partial charge in [0.25, 0.3) is 0 Å². The second kappa shape index (κ2) is 7.98. The summed E-state index contributed by atoms with van der Waals surface area (Å²) in [6, 6.07) is 16.0. The van der Waals surface area contributed by atoms with Crippen molar-refractivity contribution >= 4 is 17.7 Å². The molecule has 132 valence electrons. The molecule has 26 heavy (non-hydrogen) atoms. The Hall–Kier alpha value is -3.61. The van der Waals surface area contributed by atoms with Gasteiger partial charge in [0.1, 0.15) is 6.61 Å². The highest BCUT2D eigenvalue weighted by Gasteiger charge is 2.07. The van der Waals surface area contributed by atoms with Crippen molar-refractivity contribution in [3.63, 3.8) is 0 Å². The summed E-state index contributed by atoms with van der Waals surface area (Å²) in [6.07, 6.45) is 2.59. The number of hydrogen-bond acceptors (Lipinski definition) is 4. The third-order valence-corrected chi connectivity index (χ3v) is 3.61. The van der Waals surface area contributed by atoms with Crippen molar-refractivity contribution in [1.82, 2.24) is 9.78 Å². The van der Waals surface area contributed by atoms with Crippen LogP contribution in [0.25, 0.3) is 0 Å². The van der Waals surface area contributed by atoms with Gasteiger partial charge in [-0.25, -0.2) is 9.59 Å². The first-order valence-electron chi connectivity index (χ1n) is 7.92. The Morgan fingerprint density at radius 3 is 2.62 bits per heavy atom. The molecule has 1 amide bonds. The van der Waals surface area contributed by atoms with Crippen LogP contribution in [0.5, 0.6) is 0 Å². The molecular weight excluding hydrogens is 334 g/mol. The molecule has 2 aromatic carbocycles. The molecule has 7 heteroatoms. The molecule has 0 fully saturated rings. The maximum atomic E-state index is 11.8. The Morgan fingerprint density at radius 1 is 1.08 bits per heavy atom. The number of aromatic carboxylic acids is 1. The molecular formula is C19H17N3O4. The summed E-state index contributed by atoms with van der Waals surface area (Å²) in [4.78, 5) is 22.8. The fourth-order valence-corrected chi connectivity index (χ4v) is 2.38. The summed E-state index contributed by atoms with van der Waals surface area (Å²) in [6.45, 7) is 0.574. The Morgan fingerprint density at radius 2 is 1.85 bits per heavy atom. The van der Waals surface area contributed by atoms with Crippen LogP contribution < -0.4 is 5.32 Å². The molecule has 0 bridgehead atoms. The van der Waals surface area contributed by atoms with Crippen molar-refractivity contribution < 1.29 is 19.4 Å². The van der Waals surface area contributed by atoms with E-state index in [4.69, 9.17) is 9.84 Å². The zero-order valence-electron chi connectivity index (χ0n) is 13.8. The monoisotopic (exact) mass is 351 g/mol. The van der Waals surface area contributed by atoms with E-state index < -0.39 is 12.1 Å². The first-order chi connectivity index (χ1) is 12.6. The second-order valence-corrected chi connectivity index (χ2v) is 5.62. The molecule has 0 radical (unpaired) electrons. The lowest BCUT2D eigenvalue weighted by molar-refractivity contribution is 0.0696. The minimum absolute atomic E-state index is 0.183. The van der Waals surface area contributed by atoms with Crippen LogP contribution in [0.1, 0.15) is 21.5 Å². The van der Waals surface area contributed by atoms with Crippen LogP contribution in [0.15, 0.2) is 67.0 Å². The average molecular weight is 351 g/mol. The summed E-state index contributed by atoms with van der Waals surface area (Å²) in [7, 11) is 0. The summed E-state index contributed by atoms with van der Waals surface area (Å²) in [5.74, 6) is -0.976. The molecule has 1 heterocycles. The van der Waals surface area contributed by atoms with E-state index in [0.717, 1.165) is 11.1 Å². The molecule has 1 aromatic heterocycles. The molecule has 2 N–H and O–H groups in total. The molecule has 0 spiro atoms. The number of carbonyl (C=O) groups excluding carboxylic acids is 1. The quantitative estimate of drug-likeness (QED) is 0.710. The highest BCUT2D eigenvalue weighted by molar-refractivity contribution is 5.87. The number of ether oxygens (including phenoxy) is 1. The number of amides is 1. The SMILES string of the molecule is O=C(Nc1cnn(Cc2cccc(C(=O)O)c2)c1)OCc1ccccc1. The van der Waals surface area contributed by atoms with Gasteiger partial charge in [-0.05, 0) is 23.3 Å². The van der Waals surface area contributed by atoms with Gasteiger partial charge >= 0.3 is 12.1 Å². The molecule has 0 saturated carbocycles. The smallest absolute Gasteiger partial charge is 0.412 e. The number of carboxylic acids is 1. The lowest BCUT2D eigenvalue weighted by Crippen LogP contribution is -2.13. The van der Waals surface area contributed by atoms with Crippen LogP contribution in [-0.2, 0) is 17.9 Å². The van der Waals surface area contributed by atoms with Gasteiger partial charge in [0.05, 0.1) is 24.0 Å². The van der Waals surface area contributed by atoms with Crippen LogP contribution in [0, 0.1) is 0 Å². The van der Waals surface area contributed by atoms with Crippen molar-refractivity contribution in [3.05, 3.63) is 83.7 Å². The van der Waals surface area contributed by atoms with Crippen LogP contribution in [0.3, 0.4) is 0 Å². The zero-order valence-corrected chi connectivity index (χ0v) is 13.8. The van der Waals surface area contributed by atoms with Gasteiger partial charge in [-0.1, -0.05) is 42.5 Å². The fourth-order valence-electron chi connectivity index (χ4n) is 2.38. The standard InChI is InChI=1S/C19H17N3O4/c23-18(24)16-8-4-7-15(9-16)11-22-12-17(10-20-22)21-19(25)26-13-14-5-2-1-3-6-14/h1-10,12H,11,13H2,(H,21,25)(H,23,24). The number of anilines is 1. The Balaban J connectivity index is 1.55. The van der Waals surface area contributed by atoms with Crippen molar-refractivity contribution in [1.29, 1.82) is 0 Å². The molecule has 0 aliphatic carbocycles. The van der Waals surface area contributed by atoms with Crippen molar-refractivity contribution in [2.24, 2.45) is 0 Å². The van der Waals surface area contributed by atoms with Gasteiger partial charge < -0.3 is 9.84 Å². The predicted octanol–water partition coefficient (Wildman–Crippen LogP) is 3.38. The Labute approximate surface area is 149 Å². The highest BCUT2D eigenvalue weighted by atomic mass is 16.5. The van der Waals surface area contributed by atoms with Crippen LogP contribution in [0.4, 0.5) is 10.5 Å². The fraction of sp³-hybridized carbons (Fsp3) is 0.105. The molecule has 3 aromatic rings.